The van der Waals surface area contributed by atoms with E-state index in [2.05, 4.69) is 18.5 Å². The zero-order valence-electron chi connectivity index (χ0n) is 7.66. The molecule has 0 aromatic carbocycles. The Morgan fingerprint density at radius 1 is 1.50 bits per heavy atom. The van der Waals surface area contributed by atoms with Gasteiger partial charge in [-0.2, -0.15) is 0 Å². The molecule has 3 nitrogen and oxygen atoms in total. The molecule has 0 unspecified atom stereocenters. The van der Waals surface area contributed by atoms with Crippen molar-refractivity contribution in [2.45, 2.75) is 12.7 Å². The maximum absolute atomic E-state index is 5.31. The van der Waals surface area contributed by atoms with Crippen LogP contribution in [0.25, 0.3) is 0 Å². The molecule has 1 fully saturated rings. The summed E-state index contributed by atoms with van der Waals surface area (Å²) in [5.74, 6) is 0. The molecule has 0 spiro atoms. The number of likely N-dealkylation sites (N-methyl/N-ethyl adjacent to an activating group) is 1. The van der Waals surface area contributed by atoms with Gasteiger partial charge in [-0.3, -0.25) is 0 Å². The fourth-order valence-corrected chi connectivity index (χ4v) is 1.21. The zero-order chi connectivity index (χ0) is 8.81. The maximum Gasteiger partial charge on any atom is 0.159 e. The summed E-state index contributed by atoms with van der Waals surface area (Å²) >= 11 is 0. The quantitative estimate of drug-likeness (QED) is 0.573. The van der Waals surface area contributed by atoms with Gasteiger partial charge in [-0.25, -0.2) is 0 Å². The third-order valence-electron chi connectivity index (χ3n) is 1.88. The first-order valence-corrected chi connectivity index (χ1v) is 4.35. The van der Waals surface area contributed by atoms with Crippen molar-refractivity contribution in [2.75, 3.05) is 33.4 Å². The van der Waals surface area contributed by atoms with Crippen LogP contribution in [0.1, 0.15) is 6.42 Å². The lowest BCUT2D eigenvalue weighted by molar-refractivity contribution is -0.0501. The van der Waals surface area contributed by atoms with E-state index in [1.165, 1.54) is 0 Å². The molecule has 0 bridgehead atoms. The van der Waals surface area contributed by atoms with Crippen LogP contribution < -0.4 is 0 Å². The molecule has 1 aliphatic rings. The van der Waals surface area contributed by atoms with Crippen LogP contribution in [0, 0.1) is 0 Å². The topological polar surface area (TPSA) is 21.7 Å². The van der Waals surface area contributed by atoms with Crippen LogP contribution in [-0.4, -0.2) is 44.5 Å². The van der Waals surface area contributed by atoms with Crippen LogP contribution in [-0.2, 0) is 9.47 Å². The SMILES string of the molecule is C=CCN(C)CCC1OCCO1. The van der Waals surface area contributed by atoms with Gasteiger partial charge in [-0.1, -0.05) is 6.08 Å². The number of ether oxygens (including phenoxy) is 2. The van der Waals surface area contributed by atoms with E-state index in [0.29, 0.717) is 0 Å². The second-order valence-electron chi connectivity index (χ2n) is 3.01. The smallest absolute Gasteiger partial charge is 0.159 e. The molecule has 1 aliphatic heterocycles. The van der Waals surface area contributed by atoms with E-state index in [9.17, 15) is 0 Å². The fourth-order valence-electron chi connectivity index (χ4n) is 1.21. The first-order chi connectivity index (χ1) is 5.83. The molecule has 1 heterocycles. The van der Waals surface area contributed by atoms with Gasteiger partial charge in [-0.15, -0.1) is 6.58 Å². The molecule has 3 heteroatoms. The van der Waals surface area contributed by atoms with Crippen LogP contribution in [0.4, 0.5) is 0 Å². The summed E-state index contributed by atoms with van der Waals surface area (Å²) in [6.07, 6.45) is 2.87. The molecule has 0 aromatic heterocycles. The molecule has 0 atom stereocenters. The van der Waals surface area contributed by atoms with E-state index in [-0.39, 0.29) is 6.29 Å². The Kier molecular flexibility index (Phi) is 4.29. The number of rotatable bonds is 5. The van der Waals surface area contributed by atoms with Crippen molar-refractivity contribution in [1.29, 1.82) is 0 Å². The standard InChI is InChI=1S/C9H17NO2/c1-3-5-10(2)6-4-9-11-7-8-12-9/h3,9H,1,4-8H2,2H3. The Morgan fingerprint density at radius 2 is 2.17 bits per heavy atom. The Balaban J connectivity index is 2.03. The first-order valence-electron chi connectivity index (χ1n) is 4.35. The van der Waals surface area contributed by atoms with Gasteiger partial charge in [0, 0.05) is 19.5 Å². The Labute approximate surface area is 74.0 Å². The van der Waals surface area contributed by atoms with Crippen LogP contribution in [0.2, 0.25) is 0 Å². The van der Waals surface area contributed by atoms with Gasteiger partial charge in [0.1, 0.15) is 0 Å². The monoisotopic (exact) mass is 171 g/mol. The highest BCUT2D eigenvalue weighted by Gasteiger charge is 2.15. The third-order valence-corrected chi connectivity index (χ3v) is 1.88. The van der Waals surface area contributed by atoms with Crippen molar-refractivity contribution in [3.05, 3.63) is 12.7 Å². The number of nitrogens with zero attached hydrogens (tertiary/aromatic N) is 1. The Bertz CT molecular complexity index is 132. The lowest BCUT2D eigenvalue weighted by atomic mass is 10.4. The van der Waals surface area contributed by atoms with Gasteiger partial charge in [-0.05, 0) is 7.05 Å². The average Bonchev–Trinajstić information content (AvgIpc) is 2.53. The van der Waals surface area contributed by atoms with E-state index in [0.717, 1.165) is 32.7 Å². The highest BCUT2D eigenvalue weighted by atomic mass is 16.7. The van der Waals surface area contributed by atoms with E-state index in [1.54, 1.807) is 0 Å². The minimum absolute atomic E-state index is 0.0252. The van der Waals surface area contributed by atoms with Crippen molar-refractivity contribution in [1.82, 2.24) is 4.90 Å². The Hall–Kier alpha value is -0.380. The highest BCUT2D eigenvalue weighted by Crippen LogP contribution is 2.07. The van der Waals surface area contributed by atoms with Gasteiger partial charge in [0.05, 0.1) is 13.2 Å². The predicted molar refractivity (Wildman–Crippen MR) is 48.0 cm³/mol. The minimum atomic E-state index is 0.0252. The highest BCUT2D eigenvalue weighted by molar-refractivity contribution is 4.71. The maximum atomic E-state index is 5.31. The second-order valence-corrected chi connectivity index (χ2v) is 3.01. The lowest BCUT2D eigenvalue weighted by Gasteiger charge is -2.16. The molecule has 0 N–H and O–H groups in total. The lowest BCUT2D eigenvalue weighted by Crippen LogP contribution is -2.23. The van der Waals surface area contributed by atoms with Crippen molar-refractivity contribution in [3.8, 4) is 0 Å². The summed E-state index contributed by atoms with van der Waals surface area (Å²) in [4.78, 5) is 2.19. The molecule has 0 aliphatic carbocycles. The normalized spacial score (nSPS) is 18.8. The number of hydrogen-bond donors (Lipinski definition) is 0. The van der Waals surface area contributed by atoms with Crippen LogP contribution in [0.5, 0.6) is 0 Å². The summed E-state index contributed by atoms with van der Waals surface area (Å²) in [5, 5.41) is 0. The summed E-state index contributed by atoms with van der Waals surface area (Å²) in [7, 11) is 2.07. The first kappa shape index (κ1) is 9.71. The van der Waals surface area contributed by atoms with Crippen LogP contribution >= 0.6 is 0 Å². The molecule has 0 aromatic rings. The van der Waals surface area contributed by atoms with Gasteiger partial charge < -0.3 is 14.4 Å². The molecule has 70 valence electrons. The van der Waals surface area contributed by atoms with Crippen molar-refractivity contribution >= 4 is 0 Å². The largest absolute Gasteiger partial charge is 0.350 e. The molecular formula is C9H17NO2. The van der Waals surface area contributed by atoms with Gasteiger partial charge in [0.2, 0.25) is 0 Å². The Morgan fingerprint density at radius 3 is 2.75 bits per heavy atom. The summed E-state index contributed by atoms with van der Waals surface area (Å²) in [5.41, 5.74) is 0. The molecule has 0 radical (unpaired) electrons. The van der Waals surface area contributed by atoms with Gasteiger partial charge in [0.15, 0.2) is 6.29 Å². The van der Waals surface area contributed by atoms with Crippen LogP contribution in [0.3, 0.4) is 0 Å². The molecule has 0 saturated carbocycles. The molecular weight excluding hydrogens is 154 g/mol. The third kappa shape index (κ3) is 3.34. The zero-order valence-corrected chi connectivity index (χ0v) is 7.66. The van der Waals surface area contributed by atoms with E-state index in [1.807, 2.05) is 6.08 Å². The van der Waals surface area contributed by atoms with Gasteiger partial charge in [0.25, 0.3) is 0 Å². The van der Waals surface area contributed by atoms with E-state index < -0.39 is 0 Å². The second kappa shape index (κ2) is 5.30. The van der Waals surface area contributed by atoms with Crippen molar-refractivity contribution in [3.63, 3.8) is 0 Å². The van der Waals surface area contributed by atoms with Gasteiger partial charge >= 0.3 is 0 Å². The predicted octanol–water partition coefficient (Wildman–Crippen LogP) is 0.867. The summed E-state index contributed by atoms with van der Waals surface area (Å²) in [6, 6.07) is 0. The molecule has 1 rings (SSSR count). The van der Waals surface area contributed by atoms with Crippen molar-refractivity contribution < 1.29 is 9.47 Å². The molecule has 1 saturated heterocycles. The van der Waals surface area contributed by atoms with Crippen LogP contribution in [0.15, 0.2) is 12.7 Å². The minimum Gasteiger partial charge on any atom is -0.350 e. The average molecular weight is 171 g/mol. The number of hydrogen-bond acceptors (Lipinski definition) is 3. The summed E-state index contributed by atoms with van der Waals surface area (Å²) < 4.78 is 10.6. The van der Waals surface area contributed by atoms with E-state index >= 15 is 0 Å². The fraction of sp³-hybridized carbons (Fsp3) is 0.778. The summed E-state index contributed by atoms with van der Waals surface area (Å²) in [6.45, 7) is 7.09. The molecule has 0 amide bonds. The molecule has 12 heavy (non-hydrogen) atoms. The van der Waals surface area contributed by atoms with Crippen molar-refractivity contribution in [2.24, 2.45) is 0 Å². The van der Waals surface area contributed by atoms with E-state index in [4.69, 9.17) is 9.47 Å².